The molecule has 32 heavy (non-hydrogen) atoms. The van der Waals surface area contributed by atoms with Crippen LogP contribution in [0.1, 0.15) is 25.0 Å². The van der Waals surface area contributed by atoms with Crippen molar-refractivity contribution >= 4 is 33.1 Å². The molecule has 0 unspecified atom stereocenters. The Morgan fingerprint density at radius 1 is 1.19 bits per heavy atom. The second-order valence-corrected chi connectivity index (χ2v) is 8.88. The highest BCUT2D eigenvalue weighted by molar-refractivity contribution is 9.10. The number of rotatable bonds is 9. The molecule has 0 aliphatic rings. The summed E-state index contributed by atoms with van der Waals surface area (Å²) in [7, 11) is 0. The van der Waals surface area contributed by atoms with E-state index in [1.807, 2.05) is 19.1 Å². The largest absolute Gasteiger partial charge is 0.492 e. The van der Waals surface area contributed by atoms with Crippen molar-refractivity contribution in [2.24, 2.45) is 0 Å². The quantitative estimate of drug-likeness (QED) is 0.325. The van der Waals surface area contributed by atoms with Crippen molar-refractivity contribution in [1.29, 1.82) is 0 Å². The maximum absolute atomic E-state index is 11.4. The average molecular weight is 516 g/mol. The Balaban J connectivity index is 1.51. The third kappa shape index (κ3) is 5.08. The van der Waals surface area contributed by atoms with Gasteiger partial charge in [-0.25, -0.2) is 14.8 Å². The van der Waals surface area contributed by atoms with Gasteiger partial charge in [0.25, 0.3) is 0 Å². The monoisotopic (exact) mass is 515 g/mol. The second-order valence-electron chi connectivity index (χ2n) is 6.91. The van der Waals surface area contributed by atoms with Crippen LogP contribution in [0.3, 0.4) is 0 Å². The van der Waals surface area contributed by atoms with Crippen LogP contribution in [0.4, 0.5) is 5.82 Å². The molecule has 10 heteroatoms. The van der Waals surface area contributed by atoms with E-state index in [2.05, 4.69) is 71.0 Å². The number of ether oxygens (including phenoxy) is 1. The molecular weight excluding hydrogens is 494 g/mol. The highest BCUT2D eigenvalue weighted by Crippen LogP contribution is 2.41. The van der Waals surface area contributed by atoms with Gasteiger partial charge < -0.3 is 10.1 Å². The second kappa shape index (κ2) is 10.1. The molecule has 0 bridgehead atoms. The van der Waals surface area contributed by atoms with E-state index < -0.39 is 5.76 Å². The molecule has 4 aromatic rings. The molecule has 4 rings (SSSR count). The summed E-state index contributed by atoms with van der Waals surface area (Å²) in [6, 6.07) is 10.2. The van der Waals surface area contributed by atoms with E-state index in [9.17, 15) is 4.79 Å². The summed E-state index contributed by atoms with van der Waals surface area (Å²) in [4.78, 5) is 24.2. The average Bonchev–Trinajstić information content (AvgIpc) is 3.41. The number of hydrogen-bond donors (Lipinski definition) is 2. The number of halogens is 1. The van der Waals surface area contributed by atoms with Crippen molar-refractivity contribution in [3.05, 3.63) is 62.8 Å². The molecule has 0 amide bonds. The minimum absolute atomic E-state index is 0.336. The molecule has 3 aromatic heterocycles. The lowest BCUT2D eigenvalue weighted by Crippen LogP contribution is -2.08. The molecule has 2 N–H and O–H groups in total. The number of benzene rings is 1. The third-order valence-electron chi connectivity index (χ3n) is 4.82. The fourth-order valence-electron chi connectivity index (χ4n) is 3.34. The Bertz CT molecular complexity index is 1270. The van der Waals surface area contributed by atoms with Crippen LogP contribution in [-0.4, -0.2) is 33.3 Å². The predicted molar refractivity (Wildman–Crippen MR) is 128 cm³/mol. The molecule has 8 nitrogen and oxygen atoms in total. The Hall–Kier alpha value is -2.98. The summed E-state index contributed by atoms with van der Waals surface area (Å²) in [6.07, 6.45) is 3.42. The first kappa shape index (κ1) is 22.2. The number of nitrogens with zero attached hydrogens (tertiary/aromatic N) is 3. The van der Waals surface area contributed by atoms with Crippen molar-refractivity contribution in [2.45, 2.75) is 26.7 Å². The molecule has 0 saturated carbocycles. The molecule has 3 heterocycles. The number of H-pyrrole nitrogens is 1. The minimum Gasteiger partial charge on any atom is -0.492 e. The summed E-state index contributed by atoms with van der Waals surface area (Å²) in [5.41, 5.74) is 3.41. The van der Waals surface area contributed by atoms with Gasteiger partial charge in [0.15, 0.2) is 5.82 Å². The van der Waals surface area contributed by atoms with E-state index in [-0.39, 0.29) is 0 Å². The summed E-state index contributed by atoms with van der Waals surface area (Å²) < 4.78 is 11.5. The van der Waals surface area contributed by atoms with Crippen molar-refractivity contribution in [3.63, 3.8) is 0 Å². The van der Waals surface area contributed by atoms with Gasteiger partial charge in [0.2, 0.25) is 0 Å². The first-order valence-electron chi connectivity index (χ1n) is 10.2. The Morgan fingerprint density at radius 2 is 2.06 bits per heavy atom. The highest BCUT2D eigenvalue weighted by Gasteiger charge is 2.18. The van der Waals surface area contributed by atoms with Gasteiger partial charge in [0.1, 0.15) is 22.8 Å². The molecular formula is C22H22BrN5O3S. The number of anilines is 1. The van der Waals surface area contributed by atoms with Gasteiger partial charge in [-0.05, 0) is 43.0 Å². The molecule has 0 radical (unpaired) electrons. The SMILES string of the molecule is CCOc1cc(-c2cc(NCCc3ccc(Br)cc3CC)ncn2)sc1-c1noc(=O)[nH]1. The molecule has 0 fully saturated rings. The van der Waals surface area contributed by atoms with E-state index in [0.717, 1.165) is 40.2 Å². The van der Waals surface area contributed by atoms with E-state index in [1.165, 1.54) is 28.8 Å². The number of aryl methyl sites for hydroxylation is 1. The van der Waals surface area contributed by atoms with Crippen molar-refractivity contribution in [1.82, 2.24) is 20.1 Å². The number of nitrogens with one attached hydrogen (secondary N) is 2. The van der Waals surface area contributed by atoms with E-state index in [0.29, 0.717) is 23.1 Å². The van der Waals surface area contributed by atoms with Crippen LogP contribution >= 0.6 is 27.3 Å². The molecule has 1 aromatic carbocycles. The summed E-state index contributed by atoms with van der Waals surface area (Å²) in [5.74, 6) is 1.09. The van der Waals surface area contributed by atoms with Crippen LogP contribution < -0.4 is 15.8 Å². The third-order valence-corrected chi connectivity index (χ3v) is 6.46. The smallest absolute Gasteiger partial charge is 0.439 e. The maximum atomic E-state index is 11.4. The fraction of sp³-hybridized carbons (Fsp3) is 0.273. The molecule has 0 spiro atoms. The molecule has 0 saturated heterocycles. The van der Waals surface area contributed by atoms with Crippen LogP contribution in [0.2, 0.25) is 0 Å². The maximum Gasteiger partial charge on any atom is 0.439 e. The van der Waals surface area contributed by atoms with Gasteiger partial charge in [0.05, 0.1) is 17.2 Å². The Kier molecular flexibility index (Phi) is 7.01. The zero-order valence-electron chi connectivity index (χ0n) is 17.6. The predicted octanol–water partition coefficient (Wildman–Crippen LogP) is 4.93. The van der Waals surface area contributed by atoms with Crippen LogP contribution in [0.5, 0.6) is 5.75 Å². The highest BCUT2D eigenvalue weighted by atomic mass is 79.9. The topological polar surface area (TPSA) is 106 Å². The number of hydrogen-bond acceptors (Lipinski definition) is 8. The van der Waals surface area contributed by atoms with E-state index >= 15 is 0 Å². The number of aromatic nitrogens is 4. The lowest BCUT2D eigenvalue weighted by atomic mass is 10.0. The van der Waals surface area contributed by atoms with Gasteiger partial charge in [-0.2, -0.15) is 0 Å². The first-order chi connectivity index (χ1) is 15.6. The van der Waals surface area contributed by atoms with Crippen LogP contribution in [-0.2, 0) is 12.8 Å². The Morgan fingerprint density at radius 3 is 2.81 bits per heavy atom. The number of thiophene rings is 1. The van der Waals surface area contributed by atoms with Gasteiger partial charge in [-0.15, -0.1) is 11.3 Å². The van der Waals surface area contributed by atoms with Crippen LogP contribution in [0, 0.1) is 0 Å². The molecule has 166 valence electrons. The standard InChI is InChI=1S/C22H22BrN5O3S/c1-3-13-9-15(23)6-5-14(13)7-8-24-19-10-16(25-12-26-19)18-11-17(30-4-2)20(32-18)21-27-22(29)31-28-21/h5-6,9-12H,3-4,7-8H2,1-2H3,(H,24,25,26)(H,27,28,29). The van der Waals surface area contributed by atoms with Crippen molar-refractivity contribution in [3.8, 4) is 27.0 Å². The molecule has 0 aliphatic heterocycles. The molecule has 0 aliphatic carbocycles. The molecule has 0 atom stereocenters. The zero-order valence-corrected chi connectivity index (χ0v) is 20.0. The summed E-state index contributed by atoms with van der Waals surface area (Å²) in [5, 5.41) is 7.17. The Labute approximate surface area is 197 Å². The lowest BCUT2D eigenvalue weighted by Gasteiger charge is -2.10. The van der Waals surface area contributed by atoms with Crippen molar-refractivity contribution < 1.29 is 9.26 Å². The van der Waals surface area contributed by atoms with Crippen LogP contribution in [0.25, 0.3) is 21.3 Å². The zero-order chi connectivity index (χ0) is 22.5. The fourth-order valence-corrected chi connectivity index (χ4v) is 4.75. The van der Waals surface area contributed by atoms with Gasteiger partial charge in [0, 0.05) is 23.2 Å². The van der Waals surface area contributed by atoms with Crippen molar-refractivity contribution in [2.75, 3.05) is 18.5 Å². The van der Waals surface area contributed by atoms with Gasteiger partial charge in [-0.1, -0.05) is 34.1 Å². The van der Waals surface area contributed by atoms with Gasteiger partial charge in [-0.3, -0.25) is 9.51 Å². The first-order valence-corrected chi connectivity index (χ1v) is 11.8. The normalized spacial score (nSPS) is 11.0. The summed E-state index contributed by atoms with van der Waals surface area (Å²) >= 11 is 4.95. The van der Waals surface area contributed by atoms with E-state index in [4.69, 9.17) is 4.74 Å². The van der Waals surface area contributed by atoms with Crippen LogP contribution in [0.15, 0.2) is 50.4 Å². The minimum atomic E-state index is -0.608. The summed E-state index contributed by atoms with van der Waals surface area (Å²) in [6.45, 7) is 5.30. The lowest BCUT2D eigenvalue weighted by molar-refractivity contribution is 0.342. The van der Waals surface area contributed by atoms with E-state index in [1.54, 1.807) is 0 Å². The van der Waals surface area contributed by atoms with Gasteiger partial charge >= 0.3 is 5.76 Å². The number of aromatic amines is 1.